The van der Waals surface area contributed by atoms with Gasteiger partial charge in [0.15, 0.2) is 0 Å². The van der Waals surface area contributed by atoms with E-state index in [2.05, 4.69) is 28.2 Å². The number of aromatic nitrogens is 1. The lowest BCUT2D eigenvalue weighted by Gasteiger charge is -2.30. The van der Waals surface area contributed by atoms with Gasteiger partial charge in [0, 0.05) is 19.3 Å². The van der Waals surface area contributed by atoms with Gasteiger partial charge in [-0.15, -0.1) is 0 Å². The highest BCUT2D eigenvalue weighted by atomic mass is 15.2. The van der Waals surface area contributed by atoms with Gasteiger partial charge in [-0.2, -0.15) is 5.26 Å². The molecule has 0 unspecified atom stereocenters. The zero-order valence-electron chi connectivity index (χ0n) is 11.6. The normalized spacial score (nSPS) is 16.0. The van der Waals surface area contributed by atoms with Crippen LogP contribution in [0, 0.1) is 17.2 Å². The summed E-state index contributed by atoms with van der Waals surface area (Å²) in [6.45, 7) is 6.56. The largest absolute Gasteiger partial charge is 0.356 e. The van der Waals surface area contributed by atoms with Gasteiger partial charge in [-0.05, 0) is 50.4 Å². The summed E-state index contributed by atoms with van der Waals surface area (Å²) in [6, 6.07) is 5.94. The molecule has 1 saturated heterocycles. The number of nitrogens with one attached hydrogen (secondary N) is 1. The molecule has 4 heteroatoms. The van der Waals surface area contributed by atoms with Crippen LogP contribution in [0.25, 0.3) is 0 Å². The van der Waals surface area contributed by atoms with E-state index in [1.54, 1.807) is 6.20 Å². The van der Waals surface area contributed by atoms with Gasteiger partial charge in [0.25, 0.3) is 0 Å². The second-order valence-corrected chi connectivity index (χ2v) is 5.16. The van der Waals surface area contributed by atoms with Crippen molar-refractivity contribution in [2.75, 3.05) is 31.1 Å². The van der Waals surface area contributed by atoms with E-state index in [4.69, 9.17) is 5.26 Å². The molecule has 19 heavy (non-hydrogen) atoms. The van der Waals surface area contributed by atoms with Crippen molar-refractivity contribution in [1.82, 2.24) is 10.3 Å². The molecule has 1 aliphatic heterocycles. The molecular weight excluding hydrogens is 236 g/mol. The Morgan fingerprint density at radius 2 is 2.21 bits per heavy atom. The molecule has 1 aromatic heterocycles. The van der Waals surface area contributed by atoms with Crippen molar-refractivity contribution >= 4 is 5.82 Å². The van der Waals surface area contributed by atoms with E-state index in [1.165, 1.54) is 12.8 Å². The summed E-state index contributed by atoms with van der Waals surface area (Å²) in [5.74, 6) is 1.75. The van der Waals surface area contributed by atoms with Crippen molar-refractivity contribution in [2.24, 2.45) is 5.92 Å². The molecule has 0 radical (unpaired) electrons. The summed E-state index contributed by atoms with van der Waals surface area (Å²) in [6.07, 6.45) is 5.28. The second kappa shape index (κ2) is 7.10. The lowest BCUT2D eigenvalue weighted by molar-refractivity contribution is 0.372. The van der Waals surface area contributed by atoms with Crippen LogP contribution in [-0.2, 0) is 0 Å². The van der Waals surface area contributed by atoms with E-state index in [1.807, 2.05) is 12.1 Å². The maximum atomic E-state index is 8.82. The summed E-state index contributed by atoms with van der Waals surface area (Å²) in [5.41, 5.74) is 0.627. The minimum atomic E-state index is 0.627. The van der Waals surface area contributed by atoms with Crippen LogP contribution in [0.5, 0.6) is 0 Å². The Hall–Kier alpha value is -1.60. The molecule has 2 rings (SSSR count). The fourth-order valence-electron chi connectivity index (χ4n) is 2.58. The number of nitrogens with zero attached hydrogens (tertiary/aromatic N) is 3. The second-order valence-electron chi connectivity index (χ2n) is 5.16. The molecule has 2 heterocycles. The van der Waals surface area contributed by atoms with E-state index in [0.717, 1.165) is 44.3 Å². The fourth-order valence-corrected chi connectivity index (χ4v) is 2.58. The van der Waals surface area contributed by atoms with Crippen molar-refractivity contribution in [3.05, 3.63) is 23.9 Å². The number of piperidine rings is 1. The molecule has 0 saturated carbocycles. The van der Waals surface area contributed by atoms with Crippen LogP contribution in [0.15, 0.2) is 18.3 Å². The molecule has 0 atom stereocenters. The third-order valence-corrected chi connectivity index (χ3v) is 3.63. The molecule has 102 valence electrons. The highest BCUT2D eigenvalue weighted by Crippen LogP contribution is 2.18. The van der Waals surface area contributed by atoms with E-state index >= 15 is 0 Å². The van der Waals surface area contributed by atoms with Crippen LogP contribution in [-0.4, -0.2) is 31.2 Å². The molecule has 0 bridgehead atoms. The number of pyridine rings is 1. The lowest BCUT2D eigenvalue weighted by atomic mass is 9.97. The number of rotatable bonds is 5. The summed E-state index contributed by atoms with van der Waals surface area (Å²) < 4.78 is 0. The van der Waals surface area contributed by atoms with Crippen molar-refractivity contribution in [2.45, 2.75) is 26.2 Å². The molecule has 1 N–H and O–H groups in total. The SMILES string of the molecule is CCCN(CC1CCNCC1)c1ccc(C#N)cn1. The maximum absolute atomic E-state index is 8.82. The quantitative estimate of drug-likeness (QED) is 0.879. The highest BCUT2D eigenvalue weighted by Gasteiger charge is 2.17. The summed E-state index contributed by atoms with van der Waals surface area (Å²) in [7, 11) is 0. The van der Waals surface area contributed by atoms with Crippen LogP contribution in [0.4, 0.5) is 5.82 Å². The topological polar surface area (TPSA) is 52.0 Å². The molecule has 0 spiro atoms. The zero-order valence-corrected chi connectivity index (χ0v) is 11.6. The Labute approximate surface area is 115 Å². The minimum Gasteiger partial charge on any atom is -0.356 e. The average Bonchev–Trinajstić information content (AvgIpc) is 2.48. The van der Waals surface area contributed by atoms with Crippen LogP contribution in [0.1, 0.15) is 31.7 Å². The smallest absolute Gasteiger partial charge is 0.128 e. The molecular formula is C15H22N4. The fraction of sp³-hybridized carbons (Fsp3) is 0.600. The van der Waals surface area contributed by atoms with Crippen LogP contribution >= 0.6 is 0 Å². The number of nitriles is 1. The van der Waals surface area contributed by atoms with Crippen molar-refractivity contribution < 1.29 is 0 Å². The number of hydrogen-bond acceptors (Lipinski definition) is 4. The molecule has 4 nitrogen and oxygen atoms in total. The van der Waals surface area contributed by atoms with Crippen molar-refractivity contribution in [1.29, 1.82) is 5.26 Å². The van der Waals surface area contributed by atoms with Gasteiger partial charge in [-0.3, -0.25) is 0 Å². The Balaban J connectivity index is 2.03. The average molecular weight is 258 g/mol. The highest BCUT2D eigenvalue weighted by molar-refractivity contribution is 5.41. The standard InChI is InChI=1S/C15H22N4/c1-2-9-19(12-13-5-7-17-8-6-13)15-4-3-14(10-16)11-18-15/h3-4,11,13,17H,2,5-9,12H2,1H3. The molecule has 0 aliphatic carbocycles. The first-order valence-corrected chi connectivity index (χ1v) is 7.15. The predicted octanol–water partition coefficient (Wildman–Crippen LogP) is 2.17. The maximum Gasteiger partial charge on any atom is 0.128 e. The third-order valence-electron chi connectivity index (χ3n) is 3.63. The number of anilines is 1. The Morgan fingerprint density at radius 1 is 1.42 bits per heavy atom. The van der Waals surface area contributed by atoms with E-state index in [0.29, 0.717) is 5.56 Å². The van der Waals surface area contributed by atoms with Gasteiger partial charge < -0.3 is 10.2 Å². The summed E-state index contributed by atoms with van der Waals surface area (Å²) in [4.78, 5) is 6.78. The van der Waals surface area contributed by atoms with Gasteiger partial charge in [-0.1, -0.05) is 6.92 Å². The minimum absolute atomic E-state index is 0.627. The first-order chi connectivity index (χ1) is 9.33. The van der Waals surface area contributed by atoms with Crippen LogP contribution < -0.4 is 10.2 Å². The third kappa shape index (κ3) is 3.93. The monoisotopic (exact) mass is 258 g/mol. The Kier molecular flexibility index (Phi) is 5.17. The number of hydrogen-bond donors (Lipinski definition) is 1. The molecule has 0 aromatic carbocycles. The van der Waals surface area contributed by atoms with Gasteiger partial charge in [0.05, 0.1) is 5.56 Å². The van der Waals surface area contributed by atoms with Gasteiger partial charge in [0.2, 0.25) is 0 Å². The van der Waals surface area contributed by atoms with Crippen LogP contribution in [0.2, 0.25) is 0 Å². The Bertz CT molecular complexity index is 415. The van der Waals surface area contributed by atoms with Gasteiger partial charge in [-0.25, -0.2) is 4.98 Å². The zero-order chi connectivity index (χ0) is 13.5. The van der Waals surface area contributed by atoms with E-state index < -0.39 is 0 Å². The van der Waals surface area contributed by atoms with E-state index in [9.17, 15) is 0 Å². The molecule has 1 aromatic rings. The van der Waals surface area contributed by atoms with Crippen molar-refractivity contribution in [3.8, 4) is 6.07 Å². The molecule has 1 fully saturated rings. The molecule has 0 amide bonds. The summed E-state index contributed by atoms with van der Waals surface area (Å²) in [5, 5.41) is 12.2. The first-order valence-electron chi connectivity index (χ1n) is 7.15. The predicted molar refractivity (Wildman–Crippen MR) is 77.0 cm³/mol. The first kappa shape index (κ1) is 13.8. The van der Waals surface area contributed by atoms with Gasteiger partial charge in [0.1, 0.15) is 11.9 Å². The van der Waals surface area contributed by atoms with Crippen molar-refractivity contribution in [3.63, 3.8) is 0 Å². The van der Waals surface area contributed by atoms with Crippen LogP contribution in [0.3, 0.4) is 0 Å². The van der Waals surface area contributed by atoms with Gasteiger partial charge >= 0.3 is 0 Å². The lowest BCUT2D eigenvalue weighted by Crippen LogP contribution is -2.37. The summed E-state index contributed by atoms with van der Waals surface area (Å²) >= 11 is 0. The molecule has 1 aliphatic rings. The van der Waals surface area contributed by atoms with E-state index in [-0.39, 0.29) is 0 Å². The Morgan fingerprint density at radius 3 is 2.79 bits per heavy atom.